The van der Waals surface area contributed by atoms with Crippen molar-refractivity contribution in [1.82, 2.24) is 4.98 Å². The van der Waals surface area contributed by atoms with Crippen LogP contribution in [0.5, 0.6) is 11.5 Å². The lowest BCUT2D eigenvalue weighted by atomic mass is 10.0. The van der Waals surface area contributed by atoms with E-state index in [4.69, 9.17) is 16.3 Å². The molecule has 2 heterocycles. The van der Waals surface area contributed by atoms with Crippen LogP contribution in [0.3, 0.4) is 0 Å². The van der Waals surface area contributed by atoms with Gasteiger partial charge in [-0.05, 0) is 42.0 Å². The number of amides is 1. The van der Waals surface area contributed by atoms with Gasteiger partial charge in [-0.1, -0.05) is 29.8 Å². The number of hydrogen-bond acceptors (Lipinski definition) is 5. The van der Waals surface area contributed by atoms with Crippen LogP contribution in [0.2, 0.25) is 5.02 Å². The van der Waals surface area contributed by atoms with Crippen molar-refractivity contribution in [3.8, 4) is 11.5 Å². The predicted molar refractivity (Wildman–Crippen MR) is 104 cm³/mol. The molecule has 1 amide bonds. The molecule has 1 atom stereocenters. The lowest BCUT2D eigenvalue weighted by Crippen LogP contribution is -2.43. The summed E-state index contributed by atoms with van der Waals surface area (Å²) in [6.45, 7) is 0. The summed E-state index contributed by atoms with van der Waals surface area (Å²) in [4.78, 5) is 19.1. The molecule has 3 aromatic rings. The number of rotatable bonds is 3. The van der Waals surface area contributed by atoms with Gasteiger partial charge in [-0.3, -0.25) is 9.69 Å². The maximum atomic E-state index is 13.2. The van der Waals surface area contributed by atoms with E-state index >= 15 is 0 Å². The summed E-state index contributed by atoms with van der Waals surface area (Å²) in [5, 5.41) is 13.8. The number of aromatic hydroxyl groups is 1. The van der Waals surface area contributed by atoms with Crippen LogP contribution in [0.4, 0.5) is 11.5 Å². The Labute approximate surface area is 161 Å². The SMILES string of the molecule is COc1cc([C@H]2Nc3ccccc3C(=O)N2c2ccc(Cl)cn2)ccc1O. The highest BCUT2D eigenvalue weighted by atomic mass is 35.5. The number of benzene rings is 2. The third-order valence-electron chi connectivity index (χ3n) is 4.40. The van der Waals surface area contributed by atoms with Crippen LogP contribution in [0.15, 0.2) is 60.8 Å². The van der Waals surface area contributed by atoms with Crippen molar-refractivity contribution in [3.05, 3.63) is 76.9 Å². The zero-order valence-corrected chi connectivity index (χ0v) is 15.1. The standard InChI is InChI=1S/C20H16ClN3O3/c1-27-17-10-12(6-8-16(17)25)19-23-15-5-3-2-4-14(15)20(26)24(19)18-9-7-13(21)11-22-18/h2-11,19,23,25H,1H3/t19-/m0/s1. The number of nitrogens with one attached hydrogen (secondary N) is 1. The molecule has 6 nitrogen and oxygen atoms in total. The second-order valence-electron chi connectivity index (χ2n) is 6.03. The molecule has 0 bridgehead atoms. The maximum Gasteiger partial charge on any atom is 0.263 e. The summed E-state index contributed by atoms with van der Waals surface area (Å²) in [6, 6.07) is 15.6. The summed E-state index contributed by atoms with van der Waals surface area (Å²) >= 11 is 5.95. The third kappa shape index (κ3) is 3.04. The normalized spacial score (nSPS) is 15.9. The molecule has 0 unspecified atom stereocenters. The molecule has 136 valence electrons. The van der Waals surface area contributed by atoms with E-state index in [1.165, 1.54) is 19.4 Å². The number of pyridine rings is 1. The summed E-state index contributed by atoms with van der Waals surface area (Å²) in [5.41, 5.74) is 2.02. The van der Waals surface area contributed by atoms with Gasteiger partial charge < -0.3 is 15.2 Å². The van der Waals surface area contributed by atoms with E-state index in [0.717, 1.165) is 11.3 Å². The molecule has 0 fully saturated rings. The van der Waals surface area contributed by atoms with E-state index in [-0.39, 0.29) is 11.7 Å². The largest absolute Gasteiger partial charge is 0.504 e. The molecular weight excluding hydrogens is 366 g/mol. The van der Waals surface area contributed by atoms with Crippen LogP contribution in [-0.4, -0.2) is 23.1 Å². The molecule has 1 aliphatic rings. The quantitative estimate of drug-likeness (QED) is 0.710. The molecule has 0 saturated heterocycles. The van der Waals surface area contributed by atoms with E-state index < -0.39 is 6.17 Å². The fourth-order valence-electron chi connectivity index (χ4n) is 3.10. The van der Waals surface area contributed by atoms with Gasteiger partial charge >= 0.3 is 0 Å². The van der Waals surface area contributed by atoms with E-state index in [0.29, 0.717) is 22.2 Å². The first-order valence-corrected chi connectivity index (χ1v) is 8.64. The van der Waals surface area contributed by atoms with Crippen LogP contribution in [-0.2, 0) is 0 Å². The molecule has 0 aliphatic carbocycles. The number of aromatic nitrogens is 1. The van der Waals surface area contributed by atoms with Crippen molar-refractivity contribution in [3.63, 3.8) is 0 Å². The number of nitrogens with zero attached hydrogens (tertiary/aromatic N) is 2. The molecule has 2 N–H and O–H groups in total. The first kappa shape index (κ1) is 17.2. The topological polar surface area (TPSA) is 74.7 Å². The number of carbonyl (C=O) groups excluding carboxylic acids is 1. The highest BCUT2D eigenvalue weighted by Crippen LogP contribution is 2.38. The van der Waals surface area contributed by atoms with Crippen LogP contribution in [0.1, 0.15) is 22.1 Å². The second-order valence-corrected chi connectivity index (χ2v) is 6.47. The van der Waals surface area contributed by atoms with E-state index in [9.17, 15) is 9.90 Å². The number of methoxy groups -OCH3 is 1. The lowest BCUT2D eigenvalue weighted by molar-refractivity contribution is 0.0974. The Bertz CT molecular complexity index is 1010. The average molecular weight is 382 g/mol. The summed E-state index contributed by atoms with van der Waals surface area (Å²) < 4.78 is 5.22. The first-order chi connectivity index (χ1) is 13.1. The number of para-hydroxylation sites is 1. The lowest BCUT2D eigenvalue weighted by Gasteiger charge is -2.37. The van der Waals surface area contributed by atoms with Gasteiger partial charge in [0, 0.05) is 11.9 Å². The summed E-state index contributed by atoms with van der Waals surface area (Å²) in [5.74, 6) is 0.629. The zero-order chi connectivity index (χ0) is 19.0. The third-order valence-corrected chi connectivity index (χ3v) is 4.63. The number of phenols is 1. The highest BCUT2D eigenvalue weighted by Gasteiger charge is 2.35. The molecule has 4 rings (SSSR count). The number of fused-ring (bicyclic) bond motifs is 1. The number of ether oxygens (including phenoxy) is 1. The van der Waals surface area contributed by atoms with Gasteiger partial charge in [-0.2, -0.15) is 0 Å². The maximum absolute atomic E-state index is 13.2. The monoisotopic (exact) mass is 381 g/mol. The number of anilines is 2. The molecule has 1 aliphatic heterocycles. The molecule has 0 saturated carbocycles. The second kappa shape index (κ2) is 6.81. The molecule has 0 spiro atoms. The van der Waals surface area contributed by atoms with Gasteiger partial charge in [-0.15, -0.1) is 0 Å². The van der Waals surface area contributed by atoms with Crippen molar-refractivity contribution in [1.29, 1.82) is 0 Å². The fraction of sp³-hybridized carbons (Fsp3) is 0.100. The van der Waals surface area contributed by atoms with Crippen LogP contribution < -0.4 is 15.0 Å². The van der Waals surface area contributed by atoms with Crippen molar-refractivity contribution < 1.29 is 14.6 Å². The number of halogens is 1. The molecule has 1 aromatic heterocycles. The van der Waals surface area contributed by atoms with Gasteiger partial charge in [0.25, 0.3) is 5.91 Å². The smallest absolute Gasteiger partial charge is 0.263 e. The van der Waals surface area contributed by atoms with Crippen molar-refractivity contribution in [2.24, 2.45) is 0 Å². The number of carbonyl (C=O) groups is 1. The van der Waals surface area contributed by atoms with Crippen LogP contribution in [0.25, 0.3) is 0 Å². The van der Waals surface area contributed by atoms with Crippen molar-refractivity contribution in [2.75, 3.05) is 17.3 Å². The van der Waals surface area contributed by atoms with Crippen LogP contribution in [0, 0.1) is 0 Å². The molecule has 0 radical (unpaired) electrons. The summed E-state index contributed by atoms with van der Waals surface area (Å²) in [6.07, 6.45) is 0.967. The fourth-order valence-corrected chi connectivity index (χ4v) is 3.21. The highest BCUT2D eigenvalue weighted by molar-refractivity contribution is 6.30. The van der Waals surface area contributed by atoms with Gasteiger partial charge in [-0.25, -0.2) is 4.98 Å². The zero-order valence-electron chi connectivity index (χ0n) is 14.4. The molecule has 7 heteroatoms. The predicted octanol–water partition coefficient (Wildman–Crippen LogP) is 4.22. The number of hydrogen-bond donors (Lipinski definition) is 2. The Balaban J connectivity index is 1.86. The Morgan fingerprint density at radius 2 is 2.00 bits per heavy atom. The minimum absolute atomic E-state index is 0.0277. The Morgan fingerprint density at radius 3 is 2.74 bits per heavy atom. The van der Waals surface area contributed by atoms with Gasteiger partial charge in [0.2, 0.25) is 0 Å². The van der Waals surface area contributed by atoms with E-state index in [1.807, 2.05) is 18.2 Å². The molecular formula is C20H16ClN3O3. The van der Waals surface area contributed by atoms with Crippen molar-refractivity contribution >= 4 is 29.0 Å². The van der Waals surface area contributed by atoms with Crippen molar-refractivity contribution in [2.45, 2.75) is 6.17 Å². The number of phenolic OH excluding ortho intramolecular Hbond substituents is 1. The van der Waals surface area contributed by atoms with Gasteiger partial charge in [0.15, 0.2) is 11.5 Å². The summed E-state index contributed by atoms with van der Waals surface area (Å²) in [7, 11) is 1.48. The molecule has 2 aromatic carbocycles. The van der Waals surface area contributed by atoms with Gasteiger partial charge in [0.05, 0.1) is 17.7 Å². The van der Waals surface area contributed by atoms with Crippen LogP contribution >= 0.6 is 11.6 Å². The first-order valence-electron chi connectivity index (χ1n) is 8.26. The Hall–Kier alpha value is -3.25. The Kier molecular flexibility index (Phi) is 4.33. The average Bonchev–Trinajstić information content (AvgIpc) is 2.69. The van der Waals surface area contributed by atoms with E-state index in [2.05, 4.69) is 10.3 Å². The minimum atomic E-state index is -0.532. The Morgan fingerprint density at radius 1 is 1.19 bits per heavy atom. The minimum Gasteiger partial charge on any atom is -0.504 e. The van der Waals surface area contributed by atoms with Gasteiger partial charge in [0.1, 0.15) is 12.0 Å². The molecule has 27 heavy (non-hydrogen) atoms. The van der Waals surface area contributed by atoms with E-state index in [1.54, 1.807) is 35.2 Å².